The standard InChI is InChI=1S/C22H27NO2/c1-15-7-6-10-21(16(15)2)25-14-22(24)23-17(3)19-12-11-18-8-4-5-9-20(18)13-19/h6-7,10-13,17H,4-5,8-9,14H2,1-3H3,(H,23,24). The van der Waals surface area contributed by atoms with Crippen LogP contribution in [0.3, 0.4) is 0 Å². The van der Waals surface area contributed by atoms with Crippen LogP contribution in [0.25, 0.3) is 0 Å². The summed E-state index contributed by atoms with van der Waals surface area (Å²) in [6, 6.07) is 12.5. The van der Waals surface area contributed by atoms with Gasteiger partial charge in [-0.05, 0) is 80.3 Å². The zero-order valence-electron chi connectivity index (χ0n) is 15.4. The number of aryl methyl sites for hydroxylation is 3. The maximum atomic E-state index is 12.2. The average molecular weight is 337 g/mol. The van der Waals surface area contributed by atoms with Crippen LogP contribution in [0.5, 0.6) is 5.75 Å². The van der Waals surface area contributed by atoms with Gasteiger partial charge < -0.3 is 10.1 Å². The van der Waals surface area contributed by atoms with Crippen molar-refractivity contribution in [2.45, 2.75) is 52.5 Å². The van der Waals surface area contributed by atoms with Crippen molar-refractivity contribution in [1.29, 1.82) is 0 Å². The first-order valence-electron chi connectivity index (χ1n) is 9.14. The molecule has 1 aliphatic rings. The Hall–Kier alpha value is -2.29. The number of carbonyl (C=O) groups excluding carboxylic acids is 1. The summed E-state index contributed by atoms with van der Waals surface area (Å²) in [5, 5.41) is 3.04. The van der Waals surface area contributed by atoms with Crippen LogP contribution in [0.4, 0.5) is 0 Å². The molecule has 0 fully saturated rings. The van der Waals surface area contributed by atoms with E-state index in [4.69, 9.17) is 4.74 Å². The van der Waals surface area contributed by atoms with Gasteiger partial charge in [-0.15, -0.1) is 0 Å². The molecule has 3 heteroatoms. The van der Waals surface area contributed by atoms with Crippen LogP contribution in [0, 0.1) is 13.8 Å². The van der Waals surface area contributed by atoms with Gasteiger partial charge in [0.25, 0.3) is 5.91 Å². The van der Waals surface area contributed by atoms with Gasteiger partial charge in [0.15, 0.2) is 6.61 Å². The maximum Gasteiger partial charge on any atom is 0.258 e. The zero-order chi connectivity index (χ0) is 17.8. The summed E-state index contributed by atoms with van der Waals surface area (Å²) in [7, 11) is 0. The Morgan fingerprint density at radius 1 is 1.12 bits per heavy atom. The van der Waals surface area contributed by atoms with Crippen molar-refractivity contribution in [2.75, 3.05) is 6.61 Å². The first kappa shape index (κ1) is 17.5. The summed E-state index contributed by atoms with van der Waals surface area (Å²) in [6.45, 7) is 6.12. The lowest BCUT2D eigenvalue weighted by molar-refractivity contribution is -0.123. The van der Waals surface area contributed by atoms with Crippen molar-refractivity contribution in [3.63, 3.8) is 0 Å². The van der Waals surface area contributed by atoms with Crippen LogP contribution >= 0.6 is 0 Å². The van der Waals surface area contributed by atoms with Crippen molar-refractivity contribution in [3.8, 4) is 5.75 Å². The summed E-state index contributed by atoms with van der Waals surface area (Å²) in [4.78, 5) is 12.2. The van der Waals surface area contributed by atoms with Crippen LogP contribution in [-0.4, -0.2) is 12.5 Å². The number of ether oxygens (including phenoxy) is 1. The SMILES string of the molecule is Cc1cccc(OCC(=O)NC(C)c2ccc3c(c2)CCCC3)c1C. The summed E-state index contributed by atoms with van der Waals surface area (Å²) in [5.41, 5.74) is 6.32. The minimum atomic E-state index is -0.0915. The molecule has 0 bridgehead atoms. The Labute approximate surface area is 150 Å². The van der Waals surface area contributed by atoms with E-state index >= 15 is 0 Å². The van der Waals surface area contributed by atoms with Gasteiger partial charge in [-0.1, -0.05) is 30.3 Å². The van der Waals surface area contributed by atoms with E-state index in [0.717, 1.165) is 17.7 Å². The molecule has 3 nitrogen and oxygen atoms in total. The number of rotatable bonds is 5. The number of nitrogens with one attached hydrogen (secondary N) is 1. The van der Waals surface area contributed by atoms with Gasteiger partial charge in [0, 0.05) is 0 Å². The summed E-state index contributed by atoms with van der Waals surface area (Å²) in [5.74, 6) is 0.683. The van der Waals surface area contributed by atoms with Crippen molar-refractivity contribution in [3.05, 3.63) is 64.2 Å². The van der Waals surface area contributed by atoms with E-state index in [2.05, 4.69) is 23.5 Å². The van der Waals surface area contributed by atoms with Gasteiger partial charge in [0.1, 0.15) is 5.75 Å². The number of amides is 1. The fourth-order valence-corrected chi connectivity index (χ4v) is 3.41. The summed E-state index contributed by atoms with van der Waals surface area (Å²) in [6.07, 6.45) is 4.88. The minimum Gasteiger partial charge on any atom is -0.483 e. The normalized spacial score (nSPS) is 14.5. The van der Waals surface area contributed by atoms with Crippen LogP contribution in [0.2, 0.25) is 0 Å². The second kappa shape index (κ2) is 7.73. The van der Waals surface area contributed by atoms with Crippen molar-refractivity contribution >= 4 is 5.91 Å². The summed E-state index contributed by atoms with van der Waals surface area (Å²) >= 11 is 0. The number of hydrogen-bond donors (Lipinski definition) is 1. The molecule has 2 aromatic carbocycles. The third kappa shape index (κ3) is 4.22. The van der Waals surface area contributed by atoms with Crippen molar-refractivity contribution in [2.24, 2.45) is 0 Å². The molecule has 132 valence electrons. The van der Waals surface area contributed by atoms with E-state index in [1.54, 1.807) is 0 Å². The first-order valence-corrected chi connectivity index (χ1v) is 9.14. The van der Waals surface area contributed by atoms with Crippen LogP contribution in [0.1, 0.15) is 53.6 Å². The Bertz CT molecular complexity index is 767. The van der Waals surface area contributed by atoms with Gasteiger partial charge in [0.2, 0.25) is 0 Å². The molecule has 0 aliphatic heterocycles. The van der Waals surface area contributed by atoms with E-state index < -0.39 is 0 Å². The largest absolute Gasteiger partial charge is 0.483 e. The van der Waals surface area contributed by atoms with E-state index in [0.29, 0.717) is 0 Å². The molecule has 1 unspecified atom stereocenters. The molecular formula is C22H27NO2. The molecule has 0 saturated heterocycles. The molecule has 0 saturated carbocycles. The fraction of sp³-hybridized carbons (Fsp3) is 0.409. The third-order valence-corrected chi connectivity index (χ3v) is 5.16. The van der Waals surface area contributed by atoms with Crippen LogP contribution in [-0.2, 0) is 17.6 Å². The third-order valence-electron chi connectivity index (χ3n) is 5.16. The fourth-order valence-electron chi connectivity index (χ4n) is 3.41. The molecule has 1 atom stereocenters. The highest BCUT2D eigenvalue weighted by atomic mass is 16.5. The quantitative estimate of drug-likeness (QED) is 0.876. The van der Waals surface area contributed by atoms with Gasteiger partial charge in [-0.2, -0.15) is 0 Å². The molecule has 0 aromatic heterocycles. The van der Waals surface area contributed by atoms with Crippen molar-refractivity contribution < 1.29 is 9.53 Å². The highest BCUT2D eigenvalue weighted by Gasteiger charge is 2.14. The molecule has 1 amide bonds. The maximum absolute atomic E-state index is 12.2. The number of fused-ring (bicyclic) bond motifs is 1. The van der Waals surface area contributed by atoms with Crippen molar-refractivity contribution in [1.82, 2.24) is 5.32 Å². The molecule has 3 rings (SSSR count). The average Bonchev–Trinajstić information content (AvgIpc) is 2.62. The van der Waals surface area contributed by atoms with Gasteiger partial charge >= 0.3 is 0 Å². The van der Waals surface area contributed by atoms with E-state index in [9.17, 15) is 4.79 Å². The van der Waals surface area contributed by atoms with E-state index in [-0.39, 0.29) is 18.6 Å². The number of benzene rings is 2. The monoisotopic (exact) mass is 337 g/mol. The molecule has 0 heterocycles. The number of hydrogen-bond acceptors (Lipinski definition) is 2. The van der Waals surface area contributed by atoms with Crippen LogP contribution < -0.4 is 10.1 Å². The molecule has 25 heavy (non-hydrogen) atoms. The Balaban J connectivity index is 1.58. The highest BCUT2D eigenvalue weighted by Crippen LogP contribution is 2.25. The molecule has 0 spiro atoms. The molecule has 2 aromatic rings. The first-order chi connectivity index (χ1) is 12.0. The highest BCUT2D eigenvalue weighted by molar-refractivity contribution is 5.78. The van der Waals surface area contributed by atoms with E-state index in [1.807, 2.05) is 39.0 Å². The second-order valence-corrected chi connectivity index (χ2v) is 7.01. The van der Waals surface area contributed by atoms with Crippen LogP contribution in [0.15, 0.2) is 36.4 Å². The topological polar surface area (TPSA) is 38.3 Å². The van der Waals surface area contributed by atoms with Gasteiger partial charge in [-0.25, -0.2) is 0 Å². The lowest BCUT2D eigenvalue weighted by Gasteiger charge is -2.20. The predicted octanol–water partition coefficient (Wildman–Crippen LogP) is 4.44. The second-order valence-electron chi connectivity index (χ2n) is 7.01. The Kier molecular flexibility index (Phi) is 5.42. The Morgan fingerprint density at radius 2 is 1.88 bits per heavy atom. The predicted molar refractivity (Wildman–Crippen MR) is 101 cm³/mol. The van der Waals surface area contributed by atoms with Gasteiger partial charge in [0.05, 0.1) is 6.04 Å². The van der Waals surface area contributed by atoms with E-state index in [1.165, 1.54) is 41.5 Å². The zero-order valence-corrected chi connectivity index (χ0v) is 15.4. The summed E-state index contributed by atoms with van der Waals surface area (Å²) < 4.78 is 5.69. The van der Waals surface area contributed by atoms with Gasteiger partial charge in [-0.3, -0.25) is 4.79 Å². The Morgan fingerprint density at radius 3 is 2.68 bits per heavy atom. The lowest BCUT2D eigenvalue weighted by atomic mass is 9.89. The number of carbonyl (C=O) groups is 1. The smallest absolute Gasteiger partial charge is 0.258 e. The minimum absolute atomic E-state index is 0.0121. The molecular weight excluding hydrogens is 310 g/mol. The molecule has 1 aliphatic carbocycles. The lowest BCUT2D eigenvalue weighted by Crippen LogP contribution is -2.31. The molecule has 1 N–H and O–H groups in total. The molecule has 0 radical (unpaired) electrons.